The molecule has 0 bridgehead atoms. The monoisotopic (exact) mass is 526 g/mol. The van der Waals surface area contributed by atoms with E-state index in [0.29, 0.717) is 11.3 Å². The molecule has 8 nitrogen and oxygen atoms in total. The van der Waals surface area contributed by atoms with E-state index in [4.69, 9.17) is 4.18 Å². The van der Waals surface area contributed by atoms with Crippen molar-refractivity contribution >= 4 is 55.7 Å². The lowest BCUT2D eigenvalue weighted by Crippen LogP contribution is -2.54. The van der Waals surface area contributed by atoms with Gasteiger partial charge in [-0.1, -0.05) is 42.5 Å². The summed E-state index contributed by atoms with van der Waals surface area (Å²) in [6, 6.07) is 19.4. The van der Waals surface area contributed by atoms with Gasteiger partial charge in [0.25, 0.3) is 11.8 Å². The second-order valence-corrected chi connectivity index (χ2v) is 9.23. The summed E-state index contributed by atoms with van der Waals surface area (Å²) in [6.07, 6.45) is 1.31. The Morgan fingerprint density at radius 1 is 0.879 bits per heavy atom. The Labute approximate surface area is 197 Å². The number of rotatable bonds is 5. The zero-order valence-corrected chi connectivity index (χ0v) is 19.2. The predicted octanol–water partition coefficient (Wildman–Crippen LogP) is 3.88. The average Bonchev–Trinajstić information content (AvgIpc) is 2.79. The summed E-state index contributed by atoms with van der Waals surface area (Å²) < 4.78 is 30.4. The van der Waals surface area contributed by atoms with Gasteiger partial charge in [-0.2, -0.15) is 8.42 Å². The minimum Gasteiger partial charge on any atom is -0.378 e. The molecule has 33 heavy (non-hydrogen) atoms. The van der Waals surface area contributed by atoms with E-state index in [9.17, 15) is 22.8 Å². The lowest BCUT2D eigenvalue weighted by atomic mass is 10.1. The van der Waals surface area contributed by atoms with Crippen LogP contribution in [0.3, 0.4) is 0 Å². The number of urea groups is 1. The fourth-order valence-electron chi connectivity index (χ4n) is 3.06. The number of carbonyl (C=O) groups is 3. The number of hydrogen-bond donors (Lipinski definition) is 1. The normalized spacial score (nSPS) is 15.5. The predicted molar refractivity (Wildman–Crippen MR) is 124 cm³/mol. The summed E-state index contributed by atoms with van der Waals surface area (Å²) >= 11 is 3.26. The number of nitrogens with one attached hydrogen (secondary N) is 1. The molecule has 4 rings (SSSR count). The van der Waals surface area contributed by atoms with Gasteiger partial charge in [-0.3, -0.25) is 14.9 Å². The lowest BCUT2D eigenvalue weighted by molar-refractivity contribution is -0.122. The number of para-hydroxylation sites is 1. The van der Waals surface area contributed by atoms with Crippen LogP contribution in [0.5, 0.6) is 5.75 Å². The Kier molecular flexibility index (Phi) is 6.12. The first-order valence-corrected chi connectivity index (χ1v) is 11.7. The molecule has 0 unspecified atom stereocenters. The van der Waals surface area contributed by atoms with Crippen molar-refractivity contribution in [1.82, 2.24) is 5.32 Å². The molecule has 0 spiro atoms. The van der Waals surface area contributed by atoms with Crippen LogP contribution in [0, 0.1) is 0 Å². The molecule has 1 heterocycles. The molecular weight excluding hydrogens is 512 g/mol. The maximum Gasteiger partial charge on any atom is 0.339 e. The van der Waals surface area contributed by atoms with Gasteiger partial charge in [-0.15, -0.1) is 0 Å². The standard InChI is InChI=1S/C23H15BrN2O6S/c24-19-14-15(11-12-20(19)32-33(30,31)17-9-5-2-6-10-17)13-18-21(27)25-23(29)26(22(18)28)16-7-3-1-4-8-16/h1-14H,(H,25,27,29)/b18-13+. The van der Waals surface area contributed by atoms with Crippen LogP contribution in [0.25, 0.3) is 6.08 Å². The molecule has 3 aromatic carbocycles. The largest absolute Gasteiger partial charge is 0.378 e. The van der Waals surface area contributed by atoms with E-state index < -0.39 is 28.0 Å². The highest BCUT2D eigenvalue weighted by Gasteiger charge is 2.36. The van der Waals surface area contributed by atoms with Crippen molar-refractivity contribution in [2.75, 3.05) is 4.90 Å². The number of carbonyl (C=O) groups excluding carboxylic acids is 3. The molecule has 10 heteroatoms. The van der Waals surface area contributed by atoms with Crippen LogP contribution in [-0.2, 0) is 19.7 Å². The minimum atomic E-state index is -4.05. The Hall–Kier alpha value is -3.76. The minimum absolute atomic E-state index is 0.00163. The number of barbiturate groups is 1. The third-order valence-corrected chi connectivity index (χ3v) is 6.48. The van der Waals surface area contributed by atoms with Gasteiger partial charge in [-0.25, -0.2) is 9.69 Å². The summed E-state index contributed by atoms with van der Waals surface area (Å²) in [4.78, 5) is 38.3. The van der Waals surface area contributed by atoms with Gasteiger partial charge in [0.1, 0.15) is 10.5 Å². The molecule has 0 aliphatic carbocycles. The molecule has 1 aliphatic rings. The van der Waals surface area contributed by atoms with Crippen LogP contribution in [0.15, 0.2) is 93.8 Å². The van der Waals surface area contributed by atoms with Crippen molar-refractivity contribution in [3.63, 3.8) is 0 Å². The molecule has 1 N–H and O–H groups in total. The number of anilines is 1. The molecule has 0 aromatic heterocycles. The number of imide groups is 2. The molecule has 3 aromatic rings. The topological polar surface area (TPSA) is 110 Å². The number of amides is 4. The summed E-state index contributed by atoms with van der Waals surface area (Å²) in [5.41, 5.74) is 0.470. The molecule has 4 amide bonds. The van der Waals surface area contributed by atoms with Gasteiger partial charge in [0.2, 0.25) is 0 Å². The summed E-state index contributed by atoms with van der Waals surface area (Å²) in [5, 5.41) is 2.15. The molecule has 0 atom stereocenters. The highest BCUT2D eigenvalue weighted by atomic mass is 79.9. The number of nitrogens with zero attached hydrogens (tertiary/aromatic N) is 1. The van der Waals surface area contributed by atoms with Crippen molar-refractivity contribution in [3.8, 4) is 5.75 Å². The maximum atomic E-state index is 12.9. The van der Waals surface area contributed by atoms with Crippen molar-refractivity contribution in [2.24, 2.45) is 0 Å². The SMILES string of the molecule is O=C1NC(=O)N(c2ccccc2)C(=O)/C1=C/c1ccc(OS(=O)(=O)c2ccccc2)c(Br)c1. The van der Waals surface area contributed by atoms with Crippen LogP contribution in [0.1, 0.15) is 5.56 Å². The van der Waals surface area contributed by atoms with Gasteiger partial charge in [-0.05, 0) is 64.0 Å². The number of hydrogen-bond acceptors (Lipinski definition) is 6. The second kappa shape index (κ2) is 9.00. The van der Waals surface area contributed by atoms with Gasteiger partial charge < -0.3 is 4.18 Å². The van der Waals surface area contributed by atoms with Crippen molar-refractivity contribution < 1.29 is 27.0 Å². The summed E-state index contributed by atoms with van der Waals surface area (Å²) in [7, 11) is -4.05. The van der Waals surface area contributed by atoms with Crippen molar-refractivity contribution in [1.29, 1.82) is 0 Å². The lowest BCUT2D eigenvalue weighted by Gasteiger charge is -2.26. The van der Waals surface area contributed by atoms with Crippen LogP contribution < -0.4 is 14.4 Å². The zero-order chi connectivity index (χ0) is 23.6. The first kappa shape index (κ1) is 22.4. The highest BCUT2D eigenvalue weighted by Crippen LogP contribution is 2.30. The van der Waals surface area contributed by atoms with Gasteiger partial charge in [0, 0.05) is 0 Å². The molecule has 166 valence electrons. The first-order chi connectivity index (χ1) is 15.8. The molecule has 0 radical (unpaired) electrons. The molecular formula is C23H15BrN2O6S. The molecule has 1 saturated heterocycles. The molecule has 1 aliphatic heterocycles. The van der Waals surface area contributed by atoms with E-state index in [-0.39, 0.29) is 20.7 Å². The van der Waals surface area contributed by atoms with Gasteiger partial charge in [0.15, 0.2) is 5.75 Å². The van der Waals surface area contributed by atoms with E-state index in [0.717, 1.165) is 4.90 Å². The van der Waals surface area contributed by atoms with Crippen LogP contribution in [0.2, 0.25) is 0 Å². The number of benzene rings is 3. The Morgan fingerprint density at radius 3 is 2.15 bits per heavy atom. The second-order valence-electron chi connectivity index (χ2n) is 6.83. The van der Waals surface area contributed by atoms with Crippen LogP contribution in [0.4, 0.5) is 10.5 Å². The smallest absolute Gasteiger partial charge is 0.339 e. The van der Waals surface area contributed by atoms with Gasteiger partial charge >= 0.3 is 16.1 Å². The number of halogens is 1. The van der Waals surface area contributed by atoms with Crippen molar-refractivity contribution in [3.05, 3.63) is 94.5 Å². The van der Waals surface area contributed by atoms with Gasteiger partial charge in [0.05, 0.1) is 10.2 Å². The Morgan fingerprint density at radius 2 is 1.52 bits per heavy atom. The third kappa shape index (κ3) is 4.71. The zero-order valence-electron chi connectivity index (χ0n) is 16.8. The Bertz CT molecular complexity index is 1390. The Balaban J connectivity index is 1.62. The quantitative estimate of drug-likeness (QED) is 0.307. The van der Waals surface area contributed by atoms with E-state index >= 15 is 0 Å². The third-order valence-electron chi connectivity index (χ3n) is 4.61. The molecule has 1 fully saturated rings. The fraction of sp³-hybridized carbons (Fsp3) is 0. The van der Waals surface area contributed by atoms with E-state index in [2.05, 4.69) is 21.2 Å². The van der Waals surface area contributed by atoms with Crippen LogP contribution in [-0.4, -0.2) is 26.3 Å². The average molecular weight is 527 g/mol. The fourth-order valence-corrected chi connectivity index (χ4v) is 4.62. The summed E-state index contributed by atoms with van der Waals surface area (Å²) in [6.45, 7) is 0. The summed E-state index contributed by atoms with van der Waals surface area (Å²) in [5.74, 6) is -1.58. The van der Waals surface area contributed by atoms with E-state index in [1.807, 2.05) is 0 Å². The van der Waals surface area contributed by atoms with E-state index in [1.165, 1.54) is 36.4 Å². The first-order valence-electron chi connectivity index (χ1n) is 9.52. The van der Waals surface area contributed by atoms with E-state index in [1.54, 1.807) is 48.5 Å². The van der Waals surface area contributed by atoms with Crippen LogP contribution >= 0.6 is 15.9 Å². The maximum absolute atomic E-state index is 12.9. The molecule has 0 saturated carbocycles. The van der Waals surface area contributed by atoms with Crippen molar-refractivity contribution in [2.45, 2.75) is 4.90 Å². The highest BCUT2D eigenvalue weighted by molar-refractivity contribution is 9.10.